The van der Waals surface area contributed by atoms with E-state index in [0.717, 1.165) is 0 Å². The van der Waals surface area contributed by atoms with Gasteiger partial charge in [-0.3, -0.25) is 9.59 Å². The first kappa shape index (κ1) is 17.4. The van der Waals surface area contributed by atoms with E-state index in [-0.39, 0.29) is 23.2 Å². The fraction of sp³-hybridized carbons (Fsp3) is 0.176. The lowest BCUT2D eigenvalue weighted by atomic mass is 10.1. The molecule has 2 aromatic carbocycles. The lowest BCUT2D eigenvalue weighted by molar-refractivity contribution is -0.113. The standard InChI is InChI=1S/C17H16ClNO3S/c1-22-16-5-3-2-4-14(16)19-17(21)11-23-10-15(20)12-6-8-13(18)9-7-12/h2-9H,10-11H2,1H3,(H,19,21). The van der Waals surface area contributed by atoms with E-state index in [1.807, 2.05) is 12.1 Å². The Balaban J connectivity index is 1.80. The lowest BCUT2D eigenvalue weighted by Gasteiger charge is -2.09. The van der Waals surface area contributed by atoms with Gasteiger partial charge in [0.2, 0.25) is 5.91 Å². The maximum Gasteiger partial charge on any atom is 0.234 e. The molecule has 120 valence electrons. The second kappa shape index (κ2) is 8.60. The number of ether oxygens (including phenoxy) is 1. The SMILES string of the molecule is COc1ccccc1NC(=O)CSCC(=O)c1ccc(Cl)cc1. The van der Waals surface area contributed by atoms with Crippen molar-refractivity contribution in [3.63, 3.8) is 0 Å². The lowest BCUT2D eigenvalue weighted by Crippen LogP contribution is -2.16. The van der Waals surface area contributed by atoms with Gasteiger partial charge in [0, 0.05) is 10.6 Å². The highest BCUT2D eigenvalue weighted by Crippen LogP contribution is 2.23. The van der Waals surface area contributed by atoms with Crippen LogP contribution in [0.4, 0.5) is 5.69 Å². The number of carbonyl (C=O) groups excluding carboxylic acids is 2. The number of amides is 1. The van der Waals surface area contributed by atoms with Crippen LogP contribution in [0.3, 0.4) is 0 Å². The van der Waals surface area contributed by atoms with Crippen LogP contribution in [0.1, 0.15) is 10.4 Å². The number of thioether (sulfide) groups is 1. The molecule has 0 aromatic heterocycles. The number of hydrogen-bond donors (Lipinski definition) is 1. The van der Waals surface area contributed by atoms with Gasteiger partial charge in [0.25, 0.3) is 0 Å². The molecule has 0 spiro atoms. The van der Waals surface area contributed by atoms with Crippen LogP contribution in [0, 0.1) is 0 Å². The van der Waals surface area contributed by atoms with Gasteiger partial charge in [0.1, 0.15) is 5.75 Å². The predicted molar refractivity (Wildman–Crippen MR) is 94.7 cm³/mol. The predicted octanol–water partition coefficient (Wildman–Crippen LogP) is 3.90. The smallest absolute Gasteiger partial charge is 0.234 e. The van der Waals surface area contributed by atoms with Crippen molar-refractivity contribution < 1.29 is 14.3 Å². The number of Topliss-reactive ketones (excluding diaryl/α,β-unsaturated/α-hetero) is 1. The van der Waals surface area contributed by atoms with E-state index in [4.69, 9.17) is 16.3 Å². The summed E-state index contributed by atoms with van der Waals surface area (Å²) < 4.78 is 5.17. The molecule has 0 radical (unpaired) electrons. The molecular weight excluding hydrogens is 334 g/mol. The van der Waals surface area contributed by atoms with Crippen molar-refractivity contribution in [2.45, 2.75) is 0 Å². The molecular formula is C17H16ClNO3S. The monoisotopic (exact) mass is 349 g/mol. The van der Waals surface area contributed by atoms with E-state index in [9.17, 15) is 9.59 Å². The zero-order chi connectivity index (χ0) is 16.7. The number of hydrogen-bond acceptors (Lipinski definition) is 4. The number of ketones is 1. The van der Waals surface area contributed by atoms with Gasteiger partial charge in [0.15, 0.2) is 5.78 Å². The Morgan fingerprint density at radius 3 is 2.48 bits per heavy atom. The van der Waals surface area contributed by atoms with Crippen LogP contribution in [-0.4, -0.2) is 30.3 Å². The molecule has 0 aliphatic carbocycles. The molecule has 0 heterocycles. The number of nitrogens with one attached hydrogen (secondary N) is 1. The number of para-hydroxylation sites is 2. The van der Waals surface area contributed by atoms with Gasteiger partial charge >= 0.3 is 0 Å². The van der Waals surface area contributed by atoms with Gasteiger partial charge in [0.05, 0.1) is 24.3 Å². The normalized spacial score (nSPS) is 10.2. The molecule has 0 fully saturated rings. The first-order chi connectivity index (χ1) is 11.1. The minimum Gasteiger partial charge on any atom is -0.495 e. The first-order valence-electron chi connectivity index (χ1n) is 6.89. The molecule has 0 saturated heterocycles. The third-order valence-electron chi connectivity index (χ3n) is 3.01. The van der Waals surface area contributed by atoms with E-state index in [0.29, 0.717) is 22.0 Å². The number of carbonyl (C=O) groups is 2. The average molecular weight is 350 g/mol. The molecule has 23 heavy (non-hydrogen) atoms. The highest BCUT2D eigenvalue weighted by atomic mass is 35.5. The molecule has 6 heteroatoms. The van der Waals surface area contributed by atoms with E-state index < -0.39 is 0 Å². The van der Waals surface area contributed by atoms with Crippen molar-refractivity contribution in [3.8, 4) is 5.75 Å². The minimum absolute atomic E-state index is 0.0308. The molecule has 1 amide bonds. The molecule has 0 atom stereocenters. The molecule has 1 N–H and O–H groups in total. The van der Waals surface area contributed by atoms with E-state index in [2.05, 4.69) is 5.32 Å². The van der Waals surface area contributed by atoms with Crippen molar-refractivity contribution in [2.24, 2.45) is 0 Å². The van der Waals surface area contributed by atoms with Gasteiger partial charge in [-0.15, -0.1) is 11.8 Å². The van der Waals surface area contributed by atoms with Crippen LogP contribution >= 0.6 is 23.4 Å². The van der Waals surface area contributed by atoms with Crippen LogP contribution in [-0.2, 0) is 4.79 Å². The molecule has 0 unspecified atom stereocenters. The third kappa shape index (κ3) is 5.30. The molecule has 4 nitrogen and oxygen atoms in total. The van der Waals surface area contributed by atoms with Crippen LogP contribution < -0.4 is 10.1 Å². The highest BCUT2D eigenvalue weighted by Gasteiger charge is 2.10. The number of benzene rings is 2. The van der Waals surface area contributed by atoms with Crippen LogP contribution in [0.25, 0.3) is 0 Å². The second-order valence-electron chi connectivity index (χ2n) is 4.67. The van der Waals surface area contributed by atoms with Gasteiger partial charge < -0.3 is 10.1 Å². The number of halogens is 1. The summed E-state index contributed by atoms with van der Waals surface area (Å²) >= 11 is 7.05. The van der Waals surface area contributed by atoms with Crippen LogP contribution in [0.5, 0.6) is 5.75 Å². The maximum absolute atomic E-state index is 12.0. The summed E-state index contributed by atoms with van der Waals surface area (Å²) in [5.41, 5.74) is 1.21. The Kier molecular flexibility index (Phi) is 6.50. The summed E-state index contributed by atoms with van der Waals surface area (Å²) in [7, 11) is 1.55. The van der Waals surface area contributed by atoms with E-state index in [1.165, 1.54) is 11.8 Å². The highest BCUT2D eigenvalue weighted by molar-refractivity contribution is 8.00. The third-order valence-corrected chi connectivity index (χ3v) is 4.20. The van der Waals surface area contributed by atoms with Crippen molar-refractivity contribution in [1.29, 1.82) is 0 Å². The van der Waals surface area contributed by atoms with Gasteiger partial charge in [-0.05, 0) is 36.4 Å². The Hall–Kier alpha value is -1.98. The summed E-state index contributed by atoms with van der Waals surface area (Å²) in [6.45, 7) is 0. The van der Waals surface area contributed by atoms with Gasteiger partial charge in [-0.1, -0.05) is 23.7 Å². The minimum atomic E-state index is -0.177. The second-order valence-corrected chi connectivity index (χ2v) is 6.09. The van der Waals surface area contributed by atoms with Gasteiger partial charge in [-0.2, -0.15) is 0 Å². The average Bonchev–Trinajstić information content (AvgIpc) is 2.56. The van der Waals surface area contributed by atoms with Crippen molar-refractivity contribution in [2.75, 3.05) is 23.9 Å². The number of anilines is 1. The number of rotatable bonds is 7. The van der Waals surface area contributed by atoms with Gasteiger partial charge in [-0.25, -0.2) is 0 Å². The van der Waals surface area contributed by atoms with Crippen LogP contribution in [0.15, 0.2) is 48.5 Å². The Morgan fingerprint density at radius 2 is 1.78 bits per heavy atom. The Morgan fingerprint density at radius 1 is 1.09 bits per heavy atom. The largest absolute Gasteiger partial charge is 0.495 e. The summed E-state index contributed by atoms with van der Waals surface area (Å²) in [5.74, 6) is 0.821. The molecule has 0 aliphatic heterocycles. The molecule has 0 aliphatic rings. The Labute approximate surface area is 144 Å². The van der Waals surface area contributed by atoms with Crippen LogP contribution in [0.2, 0.25) is 5.02 Å². The quantitative estimate of drug-likeness (QED) is 0.770. The summed E-state index contributed by atoms with van der Waals surface area (Å²) in [4.78, 5) is 23.9. The summed E-state index contributed by atoms with van der Waals surface area (Å²) in [5, 5.41) is 3.36. The zero-order valence-corrected chi connectivity index (χ0v) is 14.1. The summed E-state index contributed by atoms with van der Waals surface area (Å²) in [6.07, 6.45) is 0. The number of methoxy groups -OCH3 is 1. The summed E-state index contributed by atoms with van der Waals surface area (Å²) in [6, 6.07) is 13.9. The molecule has 0 saturated carbocycles. The zero-order valence-electron chi connectivity index (χ0n) is 12.5. The molecule has 2 aromatic rings. The van der Waals surface area contributed by atoms with Crippen molar-refractivity contribution in [1.82, 2.24) is 0 Å². The molecule has 2 rings (SSSR count). The van der Waals surface area contributed by atoms with Crippen molar-refractivity contribution in [3.05, 3.63) is 59.1 Å². The topological polar surface area (TPSA) is 55.4 Å². The first-order valence-corrected chi connectivity index (χ1v) is 8.43. The maximum atomic E-state index is 12.0. The van der Waals surface area contributed by atoms with E-state index >= 15 is 0 Å². The van der Waals surface area contributed by atoms with Crippen molar-refractivity contribution >= 4 is 40.7 Å². The van der Waals surface area contributed by atoms with E-state index in [1.54, 1.807) is 43.5 Å². The molecule has 0 bridgehead atoms. The Bertz CT molecular complexity index is 688. The fourth-order valence-corrected chi connectivity index (χ4v) is 2.73. The fourth-order valence-electron chi connectivity index (χ4n) is 1.89.